The summed E-state index contributed by atoms with van der Waals surface area (Å²) in [7, 11) is 1.63. The van der Waals surface area contributed by atoms with E-state index in [2.05, 4.69) is 21.1 Å². The quantitative estimate of drug-likeness (QED) is 0.427. The van der Waals surface area contributed by atoms with Crippen molar-refractivity contribution in [3.8, 4) is 12.0 Å². The maximum atomic E-state index is 11.3. The molecule has 33 heavy (non-hydrogen) atoms. The minimum absolute atomic E-state index is 0.418. The number of hydrogen-bond acceptors (Lipinski definition) is 7. The average molecular weight is 438 g/mol. The van der Waals surface area contributed by atoms with Gasteiger partial charge in [-0.2, -0.15) is 15.0 Å². The highest BCUT2D eigenvalue weighted by Gasteiger charge is 2.20. The Hall–Kier alpha value is -3.93. The van der Waals surface area contributed by atoms with Crippen LogP contribution in [0, 0.1) is 11.3 Å². The van der Waals surface area contributed by atoms with Crippen LogP contribution in [0.2, 0.25) is 0 Å². The predicted octanol–water partition coefficient (Wildman–Crippen LogP) is 3.20. The monoisotopic (exact) mass is 438 g/mol. The largest absolute Gasteiger partial charge is 0.380 e. The van der Waals surface area contributed by atoms with Crippen LogP contribution in [0.3, 0.4) is 0 Å². The van der Waals surface area contributed by atoms with E-state index in [1.54, 1.807) is 24.1 Å². The molecule has 0 spiro atoms. The molecule has 2 aromatic heterocycles. The SMILES string of the molecule is COCc1cc(CN2CCc3nc(-n4ncc5cc(C#N)ccc54)ncc3C2)ccc1C=O. The summed E-state index contributed by atoms with van der Waals surface area (Å²) in [5, 5.41) is 14.4. The van der Waals surface area contributed by atoms with Crippen molar-refractivity contribution in [3.63, 3.8) is 0 Å². The molecule has 0 amide bonds. The van der Waals surface area contributed by atoms with Crippen molar-refractivity contribution in [2.24, 2.45) is 0 Å². The lowest BCUT2D eigenvalue weighted by Gasteiger charge is -2.28. The van der Waals surface area contributed by atoms with Crippen molar-refractivity contribution in [1.82, 2.24) is 24.6 Å². The molecule has 0 atom stereocenters. The third-order valence-corrected chi connectivity index (χ3v) is 5.93. The number of benzene rings is 2. The number of hydrogen-bond donors (Lipinski definition) is 0. The number of rotatable bonds is 6. The Morgan fingerprint density at radius 2 is 2.12 bits per heavy atom. The lowest BCUT2D eigenvalue weighted by molar-refractivity contribution is 0.111. The Labute approximate surface area is 191 Å². The van der Waals surface area contributed by atoms with Gasteiger partial charge in [0.15, 0.2) is 0 Å². The number of methoxy groups -OCH3 is 1. The zero-order chi connectivity index (χ0) is 22.8. The van der Waals surface area contributed by atoms with Gasteiger partial charge in [-0.15, -0.1) is 0 Å². The molecule has 4 aromatic rings. The number of aromatic nitrogens is 4. The Morgan fingerprint density at radius 3 is 2.94 bits per heavy atom. The summed E-state index contributed by atoms with van der Waals surface area (Å²) in [5.74, 6) is 0.538. The molecule has 1 aliphatic rings. The van der Waals surface area contributed by atoms with E-state index < -0.39 is 0 Å². The van der Waals surface area contributed by atoms with Gasteiger partial charge in [-0.3, -0.25) is 9.69 Å². The van der Waals surface area contributed by atoms with Crippen molar-refractivity contribution in [1.29, 1.82) is 5.26 Å². The second kappa shape index (κ2) is 8.90. The second-order valence-electron chi connectivity index (χ2n) is 8.13. The minimum Gasteiger partial charge on any atom is -0.380 e. The molecule has 0 saturated carbocycles. The first-order chi connectivity index (χ1) is 16.2. The van der Waals surface area contributed by atoms with E-state index in [0.29, 0.717) is 23.7 Å². The van der Waals surface area contributed by atoms with Gasteiger partial charge >= 0.3 is 0 Å². The van der Waals surface area contributed by atoms with Gasteiger partial charge in [-0.1, -0.05) is 18.2 Å². The van der Waals surface area contributed by atoms with Gasteiger partial charge < -0.3 is 4.74 Å². The van der Waals surface area contributed by atoms with Gasteiger partial charge in [0.1, 0.15) is 6.29 Å². The molecule has 1 aliphatic heterocycles. The Bertz CT molecular complexity index is 1390. The molecule has 0 radical (unpaired) electrons. The molecule has 8 heteroatoms. The van der Waals surface area contributed by atoms with Crippen LogP contribution >= 0.6 is 0 Å². The molecule has 0 bridgehead atoms. The summed E-state index contributed by atoms with van der Waals surface area (Å²) in [4.78, 5) is 23.0. The zero-order valence-corrected chi connectivity index (χ0v) is 18.2. The van der Waals surface area contributed by atoms with Crippen LogP contribution < -0.4 is 0 Å². The first-order valence-electron chi connectivity index (χ1n) is 10.7. The number of aldehydes is 1. The minimum atomic E-state index is 0.418. The summed E-state index contributed by atoms with van der Waals surface area (Å²) < 4.78 is 6.95. The smallest absolute Gasteiger partial charge is 0.251 e. The van der Waals surface area contributed by atoms with Crippen LogP contribution in [0.4, 0.5) is 0 Å². The molecule has 164 valence electrons. The van der Waals surface area contributed by atoms with Gasteiger partial charge in [-0.25, -0.2) is 9.97 Å². The Kier molecular flexibility index (Phi) is 5.65. The number of nitrogens with zero attached hydrogens (tertiary/aromatic N) is 6. The van der Waals surface area contributed by atoms with Crippen LogP contribution in [0.15, 0.2) is 48.8 Å². The Morgan fingerprint density at radius 1 is 1.21 bits per heavy atom. The summed E-state index contributed by atoms with van der Waals surface area (Å²) in [6, 6.07) is 13.5. The maximum Gasteiger partial charge on any atom is 0.251 e. The summed E-state index contributed by atoms with van der Waals surface area (Å²) >= 11 is 0. The fraction of sp³-hybridized carbons (Fsp3) is 0.240. The molecule has 2 aromatic carbocycles. The fourth-order valence-corrected chi connectivity index (χ4v) is 4.27. The first kappa shape index (κ1) is 20.9. The lowest BCUT2D eigenvalue weighted by atomic mass is 10.0. The topological polar surface area (TPSA) is 96.9 Å². The van der Waals surface area contributed by atoms with Gasteiger partial charge in [-0.05, 0) is 29.3 Å². The third kappa shape index (κ3) is 4.12. The first-order valence-corrected chi connectivity index (χ1v) is 10.7. The van der Waals surface area contributed by atoms with Crippen molar-refractivity contribution in [2.75, 3.05) is 13.7 Å². The van der Waals surface area contributed by atoms with Crippen LogP contribution in [-0.4, -0.2) is 44.6 Å². The van der Waals surface area contributed by atoms with Crippen molar-refractivity contribution in [2.45, 2.75) is 26.1 Å². The zero-order valence-electron chi connectivity index (χ0n) is 18.2. The maximum absolute atomic E-state index is 11.3. The van der Waals surface area contributed by atoms with E-state index in [-0.39, 0.29) is 0 Å². The summed E-state index contributed by atoms with van der Waals surface area (Å²) in [6.07, 6.45) is 5.30. The van der Waals surface area contributed by atoms with E-state index in [4.69, 9.17) is 15.0 Å². The van der Waals surface area contributed by atoms with Gasteiger partial charge in [0.05, 0.1) is 35.6 Å². The highest BCUT2D eigenvalue weighted by atomic mass is 16.5. The van der Waals surface area contributed by atoms with Crippen molar-refractivity contribution < 1.29 is 9.53 Å². The van der Waals surface area contributed by atoms with E-state index in [0.717, 1.165) is 65.6 Å². The molecule has 0 saturated heterocycles. The van der Waals surface area contributed by atoms with Gasteiger partial charge in [0, 0.05) is 55.9 Å². The van der Waals surface area contributed by atoms with Crippen molar-refractivity contribution >= 4 is 17.2 Å². The molecule has 0 aliphatic carbocycles. The number of carbonyl (C=O) groups excluding carboxylic acids is 1. The third-order valence-electron chi connectivity index (χ3n) is 5.93. The standard InChI is InChI=1S/C25H22N6O2/c1-33-16-21-9-18(2-4-19(21)15-32)13-30-7-6-23-22(14-30)11-27-25(29-23)31-24-5-3-17(10-26)8-20(24)12-28-31/h2-5,8-9,11-12,15H,6-7,13-14,16H2,1H3. The van der Waals surface area contributed by atoms with Crippen LogP contribution in [-0.2, 0) is 30.9 Å². The van der Waals surface area contributed by atoms with Gasteiger partial charge in [0.25, 0.3) is 5.95 Å². The molecular weight excluding hydrogens is 416 g/mol. The average Bonchev–Trinajstić information content (AvgIpc) is 3.27. The number of ether oxygens (including phenoxy) is 1. The van der Waals surface area contributed by atoms with Crippen LogP contribution in [0.25, 0.3) is 16.9 Å². The normalized spacial score (nSPS) is 13.6. The van der Waals surface area contributed by atoms with E-state index in [9.17, 15) is 4.79 Å². The van der Waals surface area contributed by atoms with E-state index in [1.807, 2.05) is 36.5 Å². The van der Waals surface area contributed by atoms with Crippen molar-refractivity contribution in [3.05, 3.63) is 82.3 Å². The molecular formula is C25H22N6O2. The van der Waals surface area contributed by atoms with Crippen LogP contribution in [0.5, 0.6) is 0 Å². The number of carbonyl (C=O) groups is 1. The summed E-state index contributed by atoms with van der Waals surface area (Å²) in [5.41, 5.74) is 6.33. The van der Waals surface area contributed by atoms with Gasteiger partial charge in [0.2, 0.25) is 0 Å². The molecule has 0 unspecified atom stereocenters. The number of fused-ring (bicyclic) bond motifs is 2. The fourth-order valence-electron chi connectivity index (χ4n) is 4.27. The van der Waals surface area contributed by atoms with Crippen LogP contribution in [0.1, 0.15) is 38.3 Å². The predicted molar refractivity (Wildman–Crippen MR) is 122 cm³/mol. The lowest BCUT2D eigenvalue weighted by Crippen LogP contribution is -2.31. The molecule has 0 N–H and O–H groups in total. The highest BCUT2D eigenvalue weighted by molar-refractivity contribution is 5.81. The molecule has 0 fully saturated rings. The molecule has 3 heterocycles. The Balaban J connectivity index is 1.35. The molecule has 5 rings (SSSR count). The van der Waals surface area contributed by atoms with E-state index in [1.165, 1.54) is 0 Å². The van der Waals surface area contributed by atoms with E-state index >= 15 is 0 Å². The molecule has 8 nitrogen and oxygen atoms in total. The highest BCUT2D eigenvalue weighted by Crippen LogP contribution is 2.23. The number of nitriles is 1. The second-order valence-corrected chi connectivity index (χ2v) is 8.13. The summed E-state index contributed by atoms with van der Waals surface area (Å²) in [6.45, 7) is 2.84.